The highest BCUT2D eigenvalue weighted by Crippen LogP contribution is 2.16. The van der Waals surface area contributed by atoms with E-state index in [1.165, 1.54) is 12.7 Å². The Labute approximate surface area is 319 Å². The van der Waals surface area contributed by atoms with E-state index in [4.69, 9.17) is 19.2 Å². The van der Waals surface area contributed by atoms with Crippen molar-refractivity contribution in [3.05, 3.63) is 123 Å². The van der Waals surface area contributed by atoms with E-state index >= 15 is 0 Å². The molecule has 1 amide bonds. The number of aromatic nitrogens is 2. The lowest BCUT2D eigenvalue weighted by Crippen LogP contribution is -2.42. The van der Waals surface area contributed by atoms with Crippen molar-refractivity contribution in [2.24, 2.45) is 0 Å². The van der Waals surface area contributed by atoms with Gasteiger partial charge in [-0.05, 0) is 95.3 Å². The zero-order chi connectivity index (χ0) is 38.7. The second-order valence-corrected chi connectivity index (χ2v) is 14.3. The van der Waals surface area contributed by atoms with Gasteiger partial charge in [-0.25, -0.2) is 14.6 Å². The van der Waals surface area contributed by atoms with Gasteiger partial charge in [-0.15, -0.1) is 0 Å². The summed E-state index contributed by atoms with van der Waals surface area (Å²) < 4.78 is 16.1. The smallest absolute Gasteiger partial charge is 0.410 e. The summed E-state index contributed by atoms with van der Waals surface area (Å²) in [6, 6.07) is 23.2. The molecule has 0 bridgehead atoms. The predicted molar refractivity (Wildman–Crippen MR) is 209 cm³/mol. The maximum Gasteiger partial charge on any atom is 0.410 e. The molecule has 3 heterocycles. The Hall–Kier alpha value is -5.68. The molecule has 54 heavy (non-hydrogen) atoms. The van der Waals surface area contributed by atoms with E-state index in [1.807, 2.05) is 82.3 Å². The summed E-state index contributed by atoms with van der Waals surface area (Å²) >= 11 is 0. The Kier molecular flexibility index (Phi) is 13.5. The minimum Gasteiger partial charge on any atom is -0.497 e. The van der Waals surface area contributed by atoms with Gasteiger partial charge in [0.2, 0.25) is 0 Å². The molecule has 0 saturated carbocycles. The van der Waals surface area contributed by atoms with Crippen molar-refractivity contribution < 1.29 is 23.8 Å². The Balaban J connectivity index is 1.39. The third kappa shape index (κ3) is 12.2. The predicted octanol–water partition coefficient (Wildman–Crippen LogP) is 6.24. The second-order valence-electron chi connectivity index (χ2n) is 14.3. The molecule has 0 aliphatic carbocycles. The zero-order valence-electron chi connectivity index (χ0n) is 32.4. The number of carbonyl (C=O) groups is 2. The number of aryl methyl sites for hydroxylation is 2. The number of rotatable bonds is 6. The van der Waals surface area contributed by atoms with E-state index in [0.717, 1.165) is 33.8 Å². The van der Waals surface area contributed by atoms with Gasteiger partial charge in [0.25, 0.3) is 0 Å². The number of ether oxygens (including phenoxy) is 3. The summed E-state index contributed by atoms with van der Waals surface area (Å²) in [6.45, 7) is 14.2. The molecule has 0 radical (unpaired) electrons. The monoisotopic (exact) mass is 727 g/mol. The average Bonchev–Trinajstić information content (AvgIpc) is 3.23. The number of hydrogen-bond donors (Lipinski definition) is 0. The molecule has 4 aromatic rings. The van der Waals surface area contributed by atoms with Crippen molar-refractivity contribution >= 4 is 12.1 Å². The highest BCUT2D eigenvalue weighted by molar-refractivity contribution is 5.87. The number of hydrogen-bond acceptors (Lipinski definition) is 9. The van der Waals surface area contributed by atoms with Gasteiger partial charge >= 0.3 is 12.1 Å². The number of methoxy groups -OCH3 is 2. The van der Waals surface area contributed by atoms with Crippen LogP contribution in [0.15, 0.2) is 72.8 Å². The van der Waals surface area contributed by atoms with Crippen molar-refractivity contribution in [2.45, 2.75) is 53.3 Å². The quantitative estimate of drug-likeness (QED) is 0.169. The number of nitrogens with zero attached hydrogens (tertiary/aromatic N) is 5. The van der Waals surface area contributed by atoms with Gasteiger partial charge < -0.3 is 19.1 Å². The lowest BCUT2D eigenvalue weighted by molar-refractivity contribution is 0.0229. The van der Waals surface area contributed by atoms with Crippen LogP contribution < -0.4 is 4.74 Å². The van der Waals surface area contributed by atoms with Crippen molar-refractivity contribution in [3.63, 3.8) is 0 Å². The molecule has 0 spiro atoms. The topological polar surface area (TPSA) is 97.3 Å². The largest absolute Gasteiger partial charge is 0.497 e. The van der Waals surface area contributed by atoms with E-state index < -0.39 is 11.6 Å². The molecule has 0 atom stereocenters. The molecule has 10 nitrogen and oxygen atoms in total. The van der Waals surface area contributed by atoms with E-state index in [0.29, 0.717) is 63.6 Å². The Bertz CT molecular complexity index is 2050. The van der Waals surface area contributed by atoms with Gasteiger partial charge in [-0.3, -0.25) is 14.8 Å². The molecule has 0 N–H and O–H groups in total. The van der Waals surface area contributed by atoms with Crippen LogP contribution in [0.2, 0.25) is 0 Å². The SMILES string of the molecule is COC(=O)c1cc(C#Cc2ccc(OC)cc2)cc(CN2CCN(Cc3cc(C#Cc4ccc(C)cc4)cc(C)n3)CCN(C(=O)OC(C)(C)C)CC2)n1. The maximum atomic E-state index is 13.4. The van der Waals surface area contributed by atoms with Crippen LogP contribution in [0.3, 0.4) is 0 Å². The standard InChI is InChI=1S/C44H49N5O5/c1-32-8-10-34(11-9-32)12-14-36-26-33(2)45-38(27-36)30-47-20-21-48(23-25-49(24-22-47)43(51)54-44(3,4)5)31-39-28-37(29-41(46-39)42(50)53-7)15-13-35-16-18-40(52-6)19-17-35/h8-11,16-19,26-29H,20-25,30-31H2,1-7H3. The number of amides is 1. The summed E-state index contributed by atoms with van der Waals surface area (Å²) in [5, 5.41) is 0. The molecule has 1 fully saturated rings. The molecule has 5 rings (SSSR count). The van der Waals surface area contributed by atoms with E-state index in [9.17, 15) is 9.59 Å². The molecule has 280 valence electrons. The Morgan fingerprint density at radius 3 is 1.70 bits per heavy atom. The first-order chi connectivity index (χ1) is 25.8. The van der Waals surface area contributed by atoms with Crippen LogP contribution in [0.25, 0.3) is 0 Å². The van der Waals surface area contributed by atoms with E-state index in [2.05, 4.69) is 57.5 Å². The first-order valence-electron chi connectivity index (χ1n) is 18.1. The Morgan fingerprint density at radius 2 is 1.17 bits per heavy atom. The zero-order valence-corrected chi connectivity index (χ0v) is 32.4. The van der Waals surface area contributed by atoms with Crippen LogP contribution in [-0.4, -0.2) is 95.8 Å². The number of benzene rings is 2. The van der Waals surface area contributed by atoms with Crippen molar-refractivity contribution in [2.75, 3.05) is 53.5 Å². The van der Waals surface area contributed by atoms with Crippen molar-refractivity contribution in [3.8, 4) is 29.4 Å². The molecule has 2 aromatic carbocycles. The third-order valence-corrected chi connectivity index (χ3v) is 8.65. The normalized spacial score (nSPS) is 13.9. The summed E-state index contributed by atoms with van der Waals surface area (Å²) in [5.74, 6) is 13.1. The fourth-order valence-electron chi connectivity index (χ4n) is 5.87. The van der Waals surface area contributed by atoms with Crippen molar-refractivity contribution in [1.82, 2.24) is 24.7 Å². The van der Waals surface area contributed by atoms with E-state index in [1.54, 1.807) is 18.1 Å². The fraction of sp³-hybridized carbons (Fsp3) is 0.364. The molecule has 0 unspecified atom stereocenters. The third-order valence-electron chi connectivity index (χ3n) is 8.65. The minimum absolute atomic E-state index is 0.183. The van der Waals surface area contributed by atoms with Gasteiger partial charge in [-0.1, -0.05) is 41.4 Å². The lowest BCUT2D eigenvalue weighted by Gasteiger charge is -2.29. The lowest BCUT2D eigenvalue weighted by atomic mass is 10.1. The molecule has 1 saturated heterocycles. The first kappa shape index (κ1) is 39.5. The van der Waals surface area contributed by atoms with E-state index in [-0.39, 0.29) is 11.8 Å². The van der Waals surface area contributed by atoms with Crippen LogP contribution in [0.5, 0.6) is 5.75 Å². The molecular weight excluding hydrogens is 679 g/mol. The molecular formula is C44H49N5O5. The van der Waals surface area contributed by atoms with Gasteiger partial charge in [0.05, 0.1) is 25.6 Å². The molecule has 1 aliphatic rings. The molecule has 1 aliphatic heterocycles. The van der Waals surface area contributed by atoms with Gasteiger partial charge in [0.1, 0.15) is 17.0 Å². The van der Waals surface area contributed by atoms with Gasteiger partial charge in [0.15, 0.2) is 0 Å². The highest BCUT2D eigenvalue weighted by Gasteiger charge is 2.25. The van der Waals surface area contributed by atoms with Crippen LogP contribution in [0, 0.1) is 37.5 Å². The Morgan fingerprint density at radius 1 is 0.667 bits per heavy atom. The maximum absolute atomic E-state index is 13.4. The minimum atomic E-state index is -0.627. The highest BCUT2D eigenvalue weighted by atomic mass is 16.6. The number of carbonyl (C=O) groups excluding carboxylic acids is 2. The van der Waals surface area contributed by atoms with Gasteiger partial charge in [0, 0.05) is 80.3 Å². The van der Waals surface area contributed by atoms with Crippen LogP contribution in [-0.2, 0) is 22.6 Å². The van der Waals surface area contributed by atoms with Crippen molar-refractivity contribution in [1.29, 1.82) is 0 Å². The van der Waals surface area contributed by atoms with Crippen LogP contribution >= 0.6 is 0 Å². The number of pyridine rings is 2. The summed E-state index contributed by atoms with van der Waals surface area (Å²) in [7, 11) is 2.96. The summed E-state index contributed by atoms with van der Waals surface area (Å²) in [5.41, 5.74) is 6.54. The van der Waals surface area contributed by atoms with Crippen LogP contribution in [0.4, 0.5) is 4.79 Å². The summed E-state index contributed by atoms with van der Waals surface area (Å²) in [4.78, 5) is 41.9. The van der Waals surface area contributed by atoms with Gasteiger partial charge in [-0.2, -0.15) is 0 Å². The number of esters is 1. The first-order valence-corrected chi connectivity index (χ1v) is 18.1. The average molecular weight is 728 g/mol. The second kappa shape index (κ2) is 18.4. The molecule has 10 heteroatoms. The summed E-state index contributed by atoms with van der Waals surface area (Å²) in [6.07, 6.45) is -0.353. The van der Waals surface area contributed by atoms with Crippen LogP contribution in [0.1, 0.15) is 76.2 Å². The fourth-order valence-corrected chi connectivity index (χ4v) is 5.87. The molecule has 2 aromatic heterocycles.